The van der Waals surface area contributed by atoms with Crippen molar-refractivity contribution >= 4 is 22.8 Å². The second kappa shape index (κ2) is 10.5. The highest BCUT2D eigenvalue weighted by Crippen LogP contribution is 2.27. The number of aromatic nitrogens is 2. The van der Waals surface area contributed by atoms with Gasteiger partial charge < -0.3 is 9.47 Å². The second-order valence-electron chi connectivity index (χ2n) is 7.13. The Morgan fingerprint density at radius 3 is 2.25 bits per heavy atom. The zero-order valence-corrected chi connectivity index (χ0v) is 18.5. The zero-order chi connectivity index (χ0) is 23.1. The van der Waals surface area contributed by atoms with Crippen molar-refractivity contribution in [3.63, 3.8) is 0 Å². The maximum absolute atomic E-state index is 12.8. The number of nitrogens with zero attached hydrogens (tertiary/aromatic N) is 2. The fourth-order valence-electron chi connectivity index (χ4n) is 3.49. The van der Waals surface area contributed by atoms with Crippen molar-refractivity contribution in [2.75, 3.05) is 13.7 Å². The molecule has 9 heteroatoms. The quantitative estimate of drug-likeness (QED) is 0.498. The molecule has 0 saturated heterocycles. The van der Waals surface area contributed by atoms with Crippen LogP contribution in [0, 0.1) is 0 Å². The Morgan fingerprint density at radius 1 is 0.938 bits per heavy atom. The first kappa shape index (κ1) is 22.9. The van der Waals surface area contributed by atoms with Gasteiger partial charge in [0.05, 0.1) is 24.8 Å². The third-order valence-electron chi connectivity index (χ3n) is 4.98. The maximum atomic E-state index is 12.8. The number of ether oxygens (including phenoxy) is 2. The summed E-state index contributed by atoms with van der Waals surface area (Å²) < 4.78 is 14.0. The third-order valence-corrected chi connectivity index (χ3v) is 4.98. The van der Waals surface area contributed by atoms with Crippen LogP contribution in [0.3, 0.4) is 0 Å². The van der Waals surface area contributed by atoms with Gasteiger partial charge in [-0.1, -0.05) is 19.1 Å². The largest absolute Gasteiger partial charge is 0.493 e. The highest BCUT2D eigenvalue weighted by molar-refractivity contribution is 5.96. The summed E-state index contributed by atoms with van der Waals surface area (Å²) in [4.78, 5) is 37.5. The summed E-state index contributed by atoms with van der Waals surface area (Å²) in [7, 11) is 1.49. The molecule has 0 radical (unpaired) electrons. The number of benzene rings is 2. The molecule has 1 aromatic heterocycles. The lowest BCUT2D eigenvalue weighted by Crippen LogP contribution is -2.42. The Morgan fingerprint density at radius 2 is 1.62 bits per heavy atom. The molecule has 9 nitrogen and oxygen atoms in total. The fourth-order valence-corrected chi connectivity index (χ4v) is 3.49. The average Bonchev–Trinajstić information content (AvgIpc) is 3.07. The van der Waals surface area contributed by atoms with Crippen LogP contribution in [0.5, 0.6) is 11.5 Å². The van der Waals surface area contributed by atoms with Crippen LogP contribution in [0.2, 0.25) is 0 Å². The fraction of sp³-hybridized carbons (Fsp3) is 0.348. The topological polar surface area (TPSA) is 104 Å². The number of hydrogen-bond donors (Lipinski definition) is 2. The molecule has 170 valence electrons. The van der Waals surface area contributed by atoms with Gasteiger partial charge in [-0.3, -0.25) is 29.6 Å². The Balaban J connectivity index is 1.62. The Bertz CT molecular complexity index is 1160. The van der Waals surface area contributed by atoms with Gasteiger partial charge in [-0.2, -0.15) is 0 Å². The van der Waals surface area contributed by atoms with Crippen molar-refractivity contribution in [2.24, 2.45) is 0 Å². The number of amides is 2. The van der Waals surface area contributed by atoms with Crippen molar-refractivity contribution in [1.29, 1.82) is 0 Å². The van der Waals surface area contributed by atoms with E-state index in [2.05, 4.69) is 10.9 Å². The Labute approximate surface area is 185 Å². The highest BCUT2D eigenvalue weighted by atomic mass is 16.5. The molecule has 2 N–H and O–H groups in total. The molecule has 3 rings (SSSR count). The van der Waals surface area contributed by atoms with E-state index in [0.29, 0.717) is 30.2 Å². The van der Waals surface area contributed by atoms with Gasteiger partial charge >= 0.3 is 5.69 Å². The number of nitrogens with one attached hydrogen (secondary N) is 2. The van der Waals surface area contributed by atoms with Gasteiger partial charge in [0, 0.05) is 25.1 Å². The molecule has 0 bridgehead atoms. The first-order valence-corrected chi connectivity index (χ1v) is 10.6. The van der Waals surface area contributed by atoms with E-state index in [4.69, 9.17) is 9.47 Å². The monoisotopic (exact) mass is 440 g/mol. The van der Waals surface area contributed by atoms with E-state index >= 15 is 0 Å². The smallest absolute Gasteiger partial charge is 0.329 e. The lowest BCUT2D eigenvalue weighted by Gasteiger charge is -2.12. The molecule has 0 atom stereocenters. The summed E-state index contributed by atoms with van der Waals surface area (Å²) in [6.45, 7) is 5.15. The predicted octanol–water partition coefficient (Wildman–Crippen LogP) is 2.47. The molecule has 2 aromatic carbocycles. The molecule has 32 heavy (non-hydrogen) atoms. The molecule has 1 heterocycles. The van der Waals surface area contributed by atoms with Crippen molar-refractivity contribution in [1.82, 2.24) is 20.0 Å². The van der Waals surface area contributed by atoms with Gasteiger partial charge in [-0.05, 0) is 43.7 Å². The molecular weight excluding hydrogens is 412 g/mol. The molecular formula is C23H28N4O5. The van der Waals surface area contributed by atoms with Gasteiger partial charge in [0.15, 0.2) is 11.5 Å². The van der Waals surface area contributed by atoms with Crippen molar-refractivity contribution in [3.05, 3.63) is 58.5 Å². The number of imidazole rings is 1. The number of methoxy groups -OCH3 is 1. The number of aryl methyl sites for hydroxylation is 2. The predicted molar refractivity (Wildman–Crippen MR) is 121 cm³/mol. The number of hydrogen-bond acceptors (Lipinski definition) is 5. The Hall–Kier alpha value is -3.75. The summed E-state index contributed by atoms with van der Waals surface area (Å²) in [5.74, 6) is 0.0591. The molecule has 0 spiro atoms. The maximum Gasteiger partial charge on any atom is 0.329 e. The minimum Gasteiger partial charge on any atom is -0.493 e. The number of para-hydroxylation sites is 2. The number of hydrazine groups is 1. The van der Waals surface area contributed by atoms with E-state index in [-0.39, 0.29) is 18.7 Å². The molecule has 0 aliphatic heterocycles. The third kappa shape index (κ3) is 4.93. The van der Waals surface area contributed by atoms with E-state index in [0.717, 1.165) is 17.5 Å². The normalized spacial score (nSPS) is 10.7. The lowest BCUT2D eigenvalue weighted by molar-refractivity contribution is -0.122. The van der Waals surface area contributed by atoms with Crippen molar-refractivity contribution in [2.45, 2.75) is 39.8 Å². The summed E-state index contributed by atoms with van der Waals surface area (Å²) >= 11 is 0. The molecule has 0 fully saturated rings. The number of carbonyl (C=O) groups is 2. The van der Waals surface area contributed by atoms with Crippen LogP contribution in [0.1, 0.15) is 37.0 Å². The highest BCUT2D eigenvalue weighted by Gasteiger charge is 2.15. The molecule has 2 amide bonds. The van der Waals surface area contributed by atoms with Gasteiger partial charge in [-0.15, -0.1) is 0 Å². The minimum absolute atomic E-state index is 0.0346. The van der Waals surface area contributed by atoms with Crippen LogP contribution in [0.25, 0.3) is 11.0 Å². The molecule has 0 aliphatic carbocycles. The van der Waals surface area contributed by atoms with Crippen LogP contribution < -0.4 is 26.0 Å². The lowest BCUT2D eigenvalue weighted by atomic mass is 10.2. The van der Waals surface area contributed by atoms with Gasteiger partial charge in [0.1, 0.15) is 0 Å². The number of rotatable bonds is 9. The number of fused-ring (bicyclic) bond motifs is 1. The second-order valence-corrected chi connectivity index (χ2v) is 7.13. The summed E-state index contributed by atoms with van der Waals surface area (Å²) in [6, 6.07) is 12.3. The van der Waals surface area contributed by atoms with E-state index in [1.54, 1.807) is 21.3 Å². The molecule has 0 saturated carbocycles. The van der Waals surface area contributed by atoms with E-state index in [1.165, 1.54) is 13.2 Å². The standard InChI is InChI=1S/C23H28N4O5/c1-4-13-26-17-8-6-7-9-18(17)27(23(26)30)14-12-21(28)24-25-22(29)16-10-11-19(32-5-2)20(15-16)31-3/h6-11,15H,4-5,12-14H2,1-3H3,(H,24,28)(H,25,29). The summed E-state index contributed by atoms with van der Waals surface area (Å²) in [6.07, 6.45) is 0.865. The number of carbonyl (C=O) groups excluding carboxylic acids is 2. The van der Waals surface area contributed by atoms with Crippen molar-refractivity contribution in [3.8, 4) is 11.5 Å². The molecule has 3 aromatic rings. The van der Waals surface area contributed by atoms with Gasteiger partial charge in [0.2, 0.25) is 5.91 Å². The first-order chi connectivity index (χ1) is 15.5. The van der Waals surface area contributed by atoms with Crippen LogP contribution in [0.4, 0.5) is 0 Å². The van der Waals surface area contributed by atoms with Crippen LogP contribution >= 0.6 is 0 Å². The summed E-state index contributed by atoms with van der Waals surface area (Å²) in [5, 5.41) is 0. The zero-order valence-electron chi connectivity index (χ0n) is 18.5. The van der Waals surface area contributed by atoms with E-state index in [1.807, 2.05) is 38.1 Å². The summed E-state index contributed by atoms with van der Waals surface area (Å²) in [5.41, 5.74) is 6.57. The average molecular weight is 441 g/mol. The van der Waals surface area contributed by atoms with Crippen LogP contribution in [0.15, 0.2) is 47.3 Å². The van der Waals surface area contributed by atoms with Gasteiger partial charge in [-0.25, -0.2) is 4.79 Å². The van der Waals surface area contributed by atoms with E-state index in [9.17, 15) is 14.4 Å². The van der Waals surface area contributed by atoms with Crippen LogP contribution in [-0.4, -0.2) is 34.7 Å². The minimum atomic E-state index is -0.489. The first-order valence-electron chi connectivity index (χ1n) is 10.6. The Kier molecular flexibility index (Phi) is 7.54. The van der Waals surface area contributed by atoms with Crippen LogP contribution in [-0.2, 0) is 17.9 Å². The molecule has 0 aliphatic rings. The van der Waals surface area contributed by atoms with Gasteiger partial charge in [0.25, 0.3) is 5.91 Å². The SMILES string of the molecule is CCCn1c(=O)n(CCC(=O)NNC(=O)c2ccc(OCC)c(OC)c2)c2ccccc21. The van der Waals surface area contributed by atoms with E-state index < -0.39 is 11.8 Å². The van der Waals surface area contributed by atoms with Crippen molar-refractivity contribution < 1.29 is 19.1 Å². The molecule has 0 unspecified atom stereocenters.